The van der Waals surface area contributed by atoms with Crippen LogP contribution in [0.3, 0.4) is 0 Å². The number of hydrogen-bond acceptors (Lipinski definition) is 10. The van der Waals surface area contributed by atoms with Crippen molar-refractivity contribution in [1.82, 2.24) is 0 Å². The summed E-state index contributed by atoms with van der Waals surface area (Å²) < 4.78 is 17.7. The van der Waals surface area contributed by atoms with E-state index in [2.05, 4.69) is 40.7 Å². The van der Waals surface area contributed by atoms with Crippen molar-refractivity contribution in [3.05, 3.63) is 11.6 Å². The van der Waals surface area contributed by atoms with Crippen LogP contribution in [0.2, 0.25) is 0 Å². The quantitative estimate of drug-likeness (QED) is 0.119. The molecule has 1 saturated heterocycles. The van der Waals surface area contributed by atoms with E-state index < -0.39 is 71.1 Å². The second-order valence-corrected chi connectivity index (χ2v) is 19.1. The molecule has 0 bridgehead atoms. The number of aliphatic hydroxyl groups is 5. The zero-order valence-electron chi connectivity index (χ0n) is 31.8. The molecule has 0 aromatic heterocycles. The van der Waals surface area contributed by atoms with E-state index in [-0.39, 0.29) is 53.6 Å². The summed E-state index contributed by atoms with van der Waals surface area (Å²) in [4.78, 5) is 25.1. The lowest BCUT2D eigenvalue weighted by atomic mass is 9.33. The van der Waals surface area contributed by atoms with Crippen LogP contribution in [0.4, 0.5) is 0 Å². The highest BCUT2D eigenvalue weighted by Crippen LogP contribution is 2.76. The van der Waals surface area contributed by atoms with Gasteiger partial charge in [0.25, 0.3) is 0 Å². The predicted octanol–water partition coefficient (Wildman–Crippen LogP) is 4.35. The molecule has 0 amide bonds. The summed E-state index contributed by atoms with van der Waals surface area (Å²) in [5.74, 6) is -1.30. The maximum atomic E-state index is 13.1. The molecule has 6 N–H and O–H groups in total. The van der Waals surface area contributed by atoms with Crippen LogP contribution in [0.5, 0.6) is 0 Å². The second-order valence-electron chi connectivity index (χ2n) is 19.1. The van der Waals surface area contributed by atoms with Crippen molar-refractivity contribution in [2.24, 2.45) is 50.2 Å². The van der Waals surface area contributed by atoms with Crippen LogP contribution >= 0.6 is 0 Å². The number of esters is 1. The lowest BCUT2D eigenvalue weighted by Gasteiger charge is -2.71. The van der Waals surface area contributed by atoms with Crippen molar-refractivity contribution in [3.8, 4) is 0 Å². The minimum absolute atomic E-state index is 0.0194. The Morgan fingerprint density at radius 3 is 2.25 bits per heavy atom. The highest BCUT2D eigenvalue weighted by molar-refractivity contribution is 5.77. The zero-order valence-corrected chi connectivity index (χ0v) is 31.8. The summed E-state index contributed by atoms with van der Waals surface area (Å²) in [6, 6.07) is 0. The fourth-order valence-electron chi connectivity index (χ4n) is 12.7. The van der Waals surface area contributed by atoms with Gasteiger partial charge in [0.15, 0.2) is 6.29 Å². The number of carbonyl (C=O) groups excluding carboxylic acids is 1. The van der Waals surface area contributed by atoms with Crippen molar-refractivity contribution < 1.29 is 54.4 Å². The molecular formula is C40H64O11. The van der Waals surface area contributed by atoms with Gasteiger partial charge in [-0.15, -0.1) is 0 Å². The summed E-state index contributed by atoms with van der Waals surface area (Å²) in [5.41, 5.74) is -1.52. The number of aliphatic carboxylic acids is 1. The van der Waals surface area contributed by atoms with Gasteiger partial charge < -0.3 is 44.8 Å². The summed E-state index contributed by atoms with van der Waals surface area (Å²) in [7, 11) is 0. The first kappa shape index (κ1) is 39.1. The number of carbonyl (C=O) groups is 2. The topological polar surface area (TPSA) is 183 Å². The molecular weight excluding hydrogens is 656 g/mol. The van der Waals surface area contributed by atoms with E-state index in [1.165, 1.54) is 5.57 Å². The maximum absolute atomic E-state index is 13.1. The third-order valence-corrected chi connectivity index (χ3v) is 16.0. The molecule has 0 spiro atoms. The summed E-state index contributed by atoms with van der Waals surface area (Å²) in [6.07, 6.45) is 0.881. The first-order valence-corrected chi connectivity index (χ1v) is 19.5. The molecule has 6 rings (SSSR count). The molecule has 51 heavy (non-hydrogen) atoms. The van der Waals surface area contributed by atoms with E-state index in [0.29, 0.717) is 25.7 Å². The van der Waals surface area contributed by atoms with Crippen molar-refractivity contribution >= 4 is 11.9 Å². The molecule has 11 heteroatoms. The summed E-state index contributed by atoms with van der Waals surface area (Å²) >= 11 is 0. The van der Waals surface area contributed by atoms with Gasteiger partial charge in [-0.1, -0.05) is 60.1 Å². The average molecular weight is 721 g/mol. The van der Waals surface area contributed by atoms with Gasteiger partial charge in [0, 0.05) is 11.8 Å². The van der Waals surface area contributed by atoms with Crippen LogP contribution in [-0.4, -0.2) is 98.7 Å². The Bertz CT molecular complexity index is 1380. The van der Waals surface area contributed by atoms with Gasteiger partial charge in [-0.05, 0) is 104 Å². The Morgan fingerprint density at radius 1 is 0.902 bits per heavy atom. The molecule has 0 aromatic rings. The van der Waals surface area contributed by atoms with E-state index >= 15 is 0 Å². The van der Waals surface area contributed by atoms with Crippen LogP contribution in [0, 0.1) is 50.2 Å². The molecule has 290 valence electrons. The van der Waals surface area contributed by atoms with Crippen molar-refractivity contribution in [1.29, 1.82) is 0 Å². The fourth-order valence-corrected chi connectivity index (χ4v) is 12.7. The Morgan fingerprint density at radius 2 is 1.61 bits per heavy atom. The van der Waals surface area contributed by atoms with E-state index in [9.17, 15) is 40.2 Å². The SMILES string of the molecule is CCCC(=O)OCC1OC(OC2CCC3(C)C(CCC4(C)C3CC=C3C5CC(C)(C)CCC5(C(=O)O)C(O)CC34C)C2(C)CO)C(O)C(O)C1O. The molecule has 15 atom stereocenters. The van der Waals surface area contributed by atoms with Crippen LogP contribution in [0.15, 0.2) is 11.6 Å². The average Bonchev–Trinajstić information content (AvgIpc) is 3.05. The number of allylic oxidation sites excluding steroid dienone is 2. The monoisotopic (exact) mass is 720 g/mol. The van der Waals surface area contributed by atoms with Gasteiger partial charge >= 0.3 is 11.9 Å². The minimum atomic E-state index is -1.58. The Balaban J connectivity index is 1.27. The zero-order chi connectivity index (χ0) is 37.5. The molecule has 0 radical (unpaired) electrons. The molecule has 0 aromatic carbocycles. The lowest BCUT2D eigenvalue weighted by Crippen LogP contribution is -2.68. The number of rotatable bonds is 8. The normalized spacial score (nSPS) is 50.5. The number of carboxylic acids is 1. The van der Waals surface area contributed by atoms with Crippen LogP contribution < -0.4 is 0 Å². The molecule has 6 aliphatic rings. The van der Waals surface area contributed by atoms with E-state index in [1.54, 1.807) is 0 Å². The first-order chi connectivity index (χ1) is 23.8. The van der Waals surface area contributed by atoms with E-state index in [4.69, 9.17) is 14.2 Å². The molecule has 1 heterocycles. The smallest absolute Gasteiger partial charge is 0.312 e. The first-order valence-electron chi connectivity index (χ1n) is 19.5. The molecule has 4 saturated carbocycles. The van der Waals surface area contributed by atoms with Crippen molar-refractivity contribution in [3.63, 3.8) is 0 Å². The van der Waals surface area contributed by atoms with Gasteiger partial charge in [-0.3, -0.25) is 9.59 Å². The van der Waals surface area contributed by atoms with Crippen LogP contribution in [0.1, 0.15) is 119 Å². The predicted molar refractivity (Wildman–Crippen MR) is 187 cm³/mol. The molecule has 5 aliphatic carbocycles. The summed E-state index contributed by atoms with van der Waals surface area (Å²) in [5, 5.41) is 66.1. The van der Waals surface area contributed by atoms with Crippen molar-refractivity contribution in [2.45, 2.75) is 162 Å². The largest absolute Gasteiger partial charge is 0.481 e. The number of fused-ring (bicyclic) bond motifs is 7. The van der Waals surface area contributed by atoms with E-state index in [0.717, 1.165) is 38.5 Å². The van der Waals surface area contributed by atoms with Crippen molar-refractivity contribution in [2.75, 3.05) is 13.2 Å². The standard InChI is InChI=1S/C40H64O11/c1-8-9-29(43)49-20-24-30(44)31(45)32(46)33(50-24)51-28-13-14-36(4)25(37(28,5)21-41)12-15-38(6)26(36)11-10-22-23-18-35(2,3)16-17-40(23,34(47)48)27(42)19-39(22,38)7/h10,23-28,30-33,41-42,44-46H,8-9,11-21H2,1-7H3,(H,47,48). The minimum Gasteiger partial charge on any atom is -0.481 e. The number of aliphatic hydroxyl groups excluding tert-OH is 5. The van der Waals surface area contributed by atoms with Crippen LogP contribution in [-0.2, 0) is 23.8 Å². The Labute approximate surface area is 303 Å². The lowest BCUT2D eigenvalue weighted by molar-refractivity contribution is -0.333. The highest BCUT2D eigenvalue weighted by Gasteiger charge is 2.71. The van der Waals surface area contributed by atoms with Gasteiger partial charge in [0.05, 0.1) is 18.8 Å². The Hall–Kier alpha value is -1.60. The Kier molecular flexibility index (Phi) is 10.2. The third kappa shape index (κ3) is 5.77. The number of carboxylic acid groups (broad SMARTS) is 1. The molecule has 1 aliphatic heterocycles. The second kappa shape index (κ2) is 13.3. The van der Waals surface area contributed by atoms with Crippen LogP contribution in [0.25, 0.3) is 0 Å². The number of hydrogen-bond donors (Lipinski definition) is 6. The number of ether oxygens (including phenoxy) is 3. The van der Waals surface area contributed by atoms with Gasteiger partial charge in [0.1, 0.15) is 36.4 Å². The summed E-state index contributed by atoms with van der Waals surface area (Å²) in [6.45, 7) is 14.9. The fraction of sp³-hybridized carbons (Fsp3) is 0.900. The molecule has 15 unspecified atom stereocenters. The van der Waals surface area contributed by atoms with Gasteiger partial charge in [-0.25, -0.2) is 0 Å². The van der Waals surface area contributed by atoms with Gasteiger partial charge in [0.2, 0.25) is 0 Å². The van der Waals surface area contributed by atoms with Gasteiger partial charge in [-0.2, -0.15) is 0 Å². The maximum Gasteiger partial charge on any atom is 0.312 e. The molecule has 5 fully saturated rings. The van der Waals surface area contributed by atoms with E-state index in [1.807, 2.05) is 13.8 Å². The highest BCUT2D eigenvalue weighted by atomic mass is 16.7. The third-order valence-electron chi connectivity index (χ3n) is 16.0. The molecule has 11 nitrogen and oxygen atoms in total.